The van der Waals surface area contributed by atoms with Crippen molar-refractivity contribution in [2.45, 2.75) is 58.4 Å². The molecule has 1 unspecified atom stereocenters. The highest BCUT2D eigenvalue weighted by Crippen LogP contribution is 2.50. The fourth-order valence-corrected chi connectivity index (χ4v) is 6.66. The first-order valence-corrected chi connectivity index (χ1v) is 14.5. The number of benzene rings is 3. The van der Waals surface area contributed by atoms with Crippen molar-refractivity contribution in [1.82, 2.24) is 0 Å². The summed E-state index contributed by atoms with van der Waals surface area (Å²) >= 11 is 0. The van der Waals surface area contributed by atoms with E-state index in [-0.39, 0.29) is 5.66 Å². The zero-order valence-electron chi connectivity index (χ0n) is 23.9. The number of methoxy groups -OCH3 is 1. The standard InChI is InChI=1S/C33H39O5P/c1-32(2,3)37-30(34)28(31(35)38-33(4,5)6)22-23-29(24-18-20-25(36-7)21-19-24)39(26-14-10-8-11-15-26)27-16-12-9-13-17-27/h8-23,28-29H,1-7H3/b23-22+. The second kappa shape index (κ2) is 13.1. The normalized spacial score (nSPS) is 12.9. The Bertz CT molecular complexity index is 1170. The molecule has 5 nitrogen and oxygen atoms in total. The van der Waals surface area contributed by atoms with E-state index in [9.17, 15) is 9.59 Å². The number of carbonyl (C=O) groups is 2. The summed E-state index contributed by atoms with van der Waals surface area (Å²) in [5.41, 5.74) is -0.608. The van der Waals surface area contributed by atoms with Crippen molar-refractivity contribution in [3.63, 3.8) is 0 Å². The van der Waals surface area contributed by atoms with Crippen LogP contribution in [0.1, 0.15) is 52.8 Å². The molecule has 0 aliphatic heterocycles. The molecule has 0 fully saturated rings. The van der Waals surface area contributed by atoms with Gasteiger partial charge >= 0.3 is 11.9 Å². The van der Waals surface area contributed by atoms with Crippen molar-refractivity contribution >= 4 is 30.5 Å². The van der Waals surface area contributed by atoms with Gasteiger partial charge in [0.25, 0.3) is 0 Å². The summed E-state index contributed by atoms with van der Waals surface area (Å²) in [6.07, 6.45) is 3.62. The molecular formula is C33H39O5P. The predicted octanol–water partition coefficient (Wildman–Crippen LogP) is 6.73. The van der Waals surface area contributed by atoms with Crippen molar-refractivity contribution in [2.75, 3.05) is 7.11 Å². The first-order valence-electron chi connectivity index (χ1n) is 13.1. The van der Waals surface area contributed by atoms with Crippen molar-refractivity contribution in [1.29, 1.82) is 0 Å². The number of rotatable bonds is 9. The molecule has 3 aromatic carbocycles. The number of carbonyl (C=O) groups excluding carboxylic acids is 2. The molecule has 0 aliphatic rings. The van der Waals surface area contributed by atoms with Crippen LogP contribution >= 0.6 is 7.92 Å². The lowest BCUT2D eigenvalue weighted by atomic mass is 10.0. The van der Waals surface area contributed by atoms with E-state index in [0.29, 0.717) is 0 Å². The number of hydrogen-bond acceptors (Lipinski definition) is 5. The molecular weight excluding hydrogens is 507 g/mol. The second-order valence-electron chi connectivity index (χ2n) is 11.2. The van der Waals surface area contributed by atoms with E-state index < -0.39 is 37.0 Å². The summed E-state index contributed by atoms with van der Waals surface area (Å²) in [5.74, 6) is -1.71. The van der Waals surface area contributed by atoms with Crippen LogP contribution in [0.4, 0.5) is 0 Å². The molecule has 0 aromatic heterocycles. The van der Waals surface area contributed by atoms with Gasteiger partial charge in [0.05, 0.1) is 7.11 Å². The van der Waals surface area contributed by atoms with E-state index in [1.54, 1.807) is 54.7 Å². The lowest BCUT2D eigenvalue weighted by Gasteiger charge is -2.28. The maximum Gasteiger partial charge on any atom is 0.324 e. The first-order chi connectivity index (χ1) is 18.4. The maximum atomic E-state index is 13.2. The van der Waals surface area contributed by atoms with Crippen molar-refractivity contribution in [2.24, 2.45) is 5.92 Å². The van der Waals surface area contributed by atoms with Crippen LogP contribution in [0.5, 0.6) is 5.75 Å². The van der Waals surface area contributed by atoms with E-state index in [0.717, 1.165) is 11.3 Å². The molecule has 0 radical (unpaired) electrons. The molecule has 3 aromatic rings. The third-order valence-electron chi connectivity index (χ3n) is 5.61. The average molecular weight is 547 g/mol. The van der Waals surface area contributed by atoms with Gasteiger partial charge in [0, 0.05) is 5.66 Å². The minimum atomic E-state index is -1.20. The van der Waals surface area contributed by atoms with Crippen LogP contribution in [0.3, 0.4) is 0 Å². The Labute approximate surface area is 233 Å². The molecule has 0 amide bonds. The van der Waals surface area contributed by atoms with Gasteiger partial charge in [-0.1, -0.05) is 84.9 Å². The summed E-state index contributed by atoms with van der Waals surface area (Å²) < 4.78 is 16.7. The average Bonchev–Trinajstić information content (AvgIpc) is 2.87. The molecule has 3 rings (SSSR count). The zero-order valence-corrected chi connectivity index (χ0v) is 24.8. The highest BCUT2D eigenvalue weighted by atomic mass is 31.1. The Morgan fingerprint density at radius 2 is 1.10 bits per heavy atom. The number of esters is 2. The SMILES string of the molecule is COc1ccc(C(/C=C/C(C(=O)OC(C)(C)C)C(=O)OC(C)(C)C)P(c2ccccc2)c2ccccc2)cc1. The Morgan fingerprint density at radius 3 is 1.49 bits per heavy atom. The summed E-state index contributed by atoms with van der Waals surface area (Å²) in [5, 5.41) is 2.35. The number of ether oxygens (including phenoxy) is 3. The van der Waals surface area contributed by atoms with E-state index in [1.165, 1.54) is 10.6 Å². The summed E-state index contributed by atoms with van der Waals surface area (Å²) in [7, 11) is 0.679. The Hall–Kier alpha value is -3.43. The molecule has 0 heterocycles. The molecule has 0 saturated carbocycles. The molecule has 1 atom stereocenters. The summed E-state index contributed by atoms with van der Waals surface area (Å²) in [6.45, 7) is 10.7. The topological polar surface area (TPSA) is 61.8 Å². The van der Waals surface area contributed by atoms with Gasteiger partial charge in [-0.2, -0.15) is 0 Å². The van der Waals surface area contributed by atoms with E-state index in [1.807, 2.05) is 66.7 Å². The summed E-state index contributed by atoms with van der Waals surface area (Å²) in [4.78, 5) is 26.5. The van der Waals surface area contributed by atoms with Crippen LogP contribution in [0.25, 0.3) is 0 Å². The molecule has 0 spiro atoms. The predicted molar refractivity (Wildman–Crippen MR) is 159 cm³/mol. The van der Waals surface area contributed by atoms with Crippen LogP contribution in [-0.2, 0) is 19.1 Å². The quantitative estimate of drug-likeness (QED) is 0.129. The van der Waals surface area contributed by atoms with Gasteiger partial charge < -0.3 is 14.2 Å². The van der Waals surface area contributed by atoms with E-state index in [2.05, 4.69) is 24.3 Å². The van der Waals surface area contributed by atoms with Gasteiger partial charge in [0.15, 0.2) is 5.92 Å². The molecule has 0 aliphatic carbocycles. The molecule has 0 N–H and O–H groups in total. The van der Waals surface area contributed by atoms with E-state index >= 15 is 0 Å². The van der Waals surface area contributed by atoms with E-state index in [4.69, 9.17) is 14.2 Å². The van der Waals surface area contributed by atoms with Crippen LogP contribution in [-0.4, -0.2) is 30.3 Å². The molecule has 0 saturated heterocycles. The molecule has 39 heavy (non-hydrogen) atoms. The lowest BCUT2D eigenvalue weighted by Crippen LogP contribution is -2.36. The van der Waals surface area contributed by atoms with Crippen molar-refractivity contribution in [3.05, 3.63) is 103 Å². The van der Waals surface area contributed by atoms with Crippen molar-refractivity contribution in [3.8, 4) is 5.75 Å². The van der Waals surface area contributed by atoms with Crippen molar-refractivity contribution < 1.29 is 23.8 Å². The van der Waals surface area contributed by atoms with Gasteiger partial charge in [0.2, 0.25) is 0 Å². The van der Waals surface area contributed by atoms with Gasteiger partial charge in [0.1, 0.15) is 17.0 Å². The molecule has 0 bridgehead atoms. The Balaban J connectivity index is 2.15. The maximum absolute atomic E-state index is 13.2. The highest BCUT2D eigenvalue weighted by Gasteiger charge is 2.34. The number of allylic oxidation sites excluding steroid dienone is 1. The van der Waals surface area contributed by atoms with Crippen LogP contribution < -0.4 is 15.3 Å². The van der Waals surface area contributed by atoms with Gasteiger partial charge in [-0.25, -0.2) is 0 Å². The minimum Gasteiger partial charge on any atom is -0.497 e. The second-order valence-corrected chi connectivity index (χ2v) is 13.5. The monoisotopic (exact) mass is 546 g/mol. The van der Waals surface area contributed by atoms with Gasteiger partial charge in [-0.3, -0.25) is 9.59 Å². The third kappa shape index (κ3) is 9.07. The van der Waals surface area contributed by atoms with Crippen LogP contribution in [0.15, 0.2) is 97.1 Å². The Kier molecular flexibility index (Phi) is 10.1. The Morgan fingerprint density at radius 1 is 0.667 bits per heavy atom. The largest absolute Gasteiger partial charge is 0.497 e. The fourth-order valence-electron chi connectivity index (χ4n) is 4.00. The lowest BCUT2D eigenvalue weighted by molar-refractivity contribution is -0.171. The van der Waals surface area contributed by atoms with Crippen LogP contribution in [0, 0.1) is 5.92 Å². The zero-order chi connectivity index (χ0) is 28.6. The third-order valence-corrected chi connectivity index (χ3v) is 8.35. The van der Waals surface area contributed by atoms with Crippen LogP contribution in [0.2, 0.25) is 0 Å². The summed E-state index contributed by atoms with van der Waals surface area (Å²) in [6, 6.07) is 28.6. The minimum absolute atomic E-state index is 0.150. The smallest absolute Gasteiger partial charge is 0.324 e. The fraction of sp³-hybridized carbons (Fsp3) is 0.333. The number of hydrogen-bond donors (Lipinski definition) is 0. The van der Waals surface area contributed by atoms with Gasteiger partial charge in [-0.05, 0) is 77.8 Å². The molecule has 6 heteroatoms. The first kappa shape index (κ1) is 30.1. The highest BCUT2D eigenvalue weighted by molar-refractivity contribution is 7.73. The molecule has 206 valence electrons. The van der Waals surface area contributed by atoms with Gasteiger partial charge in [-0.15, -0.1) is 0 Å².